The first kappa shape index (κ1) is 14.3. The minimum Gasteiger partial charge on any atom is -0.377 e. The Kier molecular flexibility index (Phi) is 3.31. The third-order valence-electron chi connectivity index (χ3n) is 5.63. The van der Waals surface area contributed by atoms with Crippen LogP contribution >= 0.6 is 11.6 Å². The highest BCUT2D eigenvalue weighted by Crippen LogP contribution is 2.62. The van der Waals surface area contributed by atoms with Gasteiger partial charge >= 0.3 is 6.03 Å². The molecule has 2 saturated carbocycles. The van der Waals surface area contributed by atoms with Gasteiger partial charge in [-0.1, -0.05) is 18.0 Å². The van der Waals surface area contributed by atoms with E-state index < -0.39 is 0 Å². The topological polar surface area (TPSA) is 63.2 Å². The Morgan fingerprint density at radius 3 is 3.05 bits per heavy atom. The predicted molar refractivity (Wildman–Crippen MR) is 84.1 cm³/mol. The van der Waals surface area contributed by atoms with Crippen LogP contribution in [0.4, 0.5) is 10.5 Å². The van der Waals surface area contributed by atoms with Crippen LogP contribution in [0.2, 0.25) is 5.02 Å². The van der Waals surface area contributed by atoms with Crippen molar-refractivity contribution in [3.8, 4) is 0 Å². The lowest BCUT2D eigenvalue weighted by Crippen LogP contribution is -2.72. The molecule has 4 rings (SSSR count). The summed E-state index contributed by atoms with van der Waals surface area (Å²) in [5, 5.41) is 6.51. The van der Waals surface area contributed by atoms with E-state index in [4.69, 9.17) is 16.3 Å². The zero-order chi connectivity index (χ0) is 15.3. The number of nitrogens with one attached hydrogen (secondary N) is 2. The third kappa shape index (κ3) is 1.95. The smallest absolute Gasteiger partial charge is 0.319 e. The second-order valence-corrected chi connectivity index (χ2v) is 7.04. The minimum atomic E-state index is -0.186. The highest BCUT2D eigenvalue weighted by molar-refractivity contribution is 6.34. The molecule has 1 aliphatic heterocycles. The number of hydrogen-bond acceptors (Lipinski definition) is 3. The Labute approximate surface area is 134 Å². The summed E-state index contributed by atoms with van der Waals surface area (Å²) in [5.74, 6) is 0.473. The molecular formula is C16H20ClN3O2. The predicted octanol–water partition coefficient (Wildman–Crippen LogP) is 3.12. The highest BCUT2D eigenvalue weighted by atomic mass is 35.5. The van der Waals surface area contributed by atoms with Gasteiger partial charge in [-0.3, -0.25) is 4.98 Å². The second-order valence-electron chi connectivity index (χ2n) is 6.66. The van der Waals surface area contributed by atoms with E-state index in [0.717, 1.165) is 25.9 Å². The molecule has 3 aliphatic rings. The Bertz CT molecular complexity index is 617. The molecule has 1 saturated heterocycles. The van der Waals surface area contributed by atoms with Crippen molar-refractivity contribution in [3.63, 3.8) is 0 Å². The fourth-order valence-corrected chi connectivity index (χ4v) is 4.56. The van der Waals surface area contributed by atoms with Crippen LogP contribution in [0.1, 0.15) is 31.4 Å². The first-order valence-corrected chi connectivity index (χ1v) is 8.30. The molecular weight excluding hydrogens is 302 g/mol. The first-order chi connectivity index (χ1) is 10.6. The quantitative estimate of drug-likeness (QED) is 0.879. The van der Waals surface area contributed by atoms with E-state index in [1.165, 1.54) is 6.42 Å². The van der Waals surface area contributed by atoms with Gasteiger partial charge < -0.3 is 15.4 Å². The number of rotatable bonds is 2. The summed E-state index contributed by atoms with van der Waals surface area (Å²) in [5.41, 5.74) is 1.51. The van der Waals surface area contributed by atoms with Crippen molar-refractivity contribution in [2.45, 2.75) is 44.8 Å². The fraction of sp³-hybridized carbons (Fsp3) is 0.625. The molecule has 2 amide bonds. The third-order valence-corrected chi connectivity index (χ3v) is 6.11. The Balaban J connectivity index is 1.45. The molecule has 6 heteroatoms. The largest absolute Gasteiger partial charge is 0.377 e. The Hall–Kier alpha value is -1.33. The standard InChI is InChI=1S/C16H20ClN3O2/c1-9-12(17)11(3-7-18-9)19-15(21)20-13-10-4-8-22-14(10)16(13)5-2-6-16/h3,7,10,13-14H,2,4-6,8H2,1H3,(H2,18,19,20,21)/t10-,13-,14+/m1/s1. The van der Waals surface area contributed by atoms with Crippen LogP contribution in [0.3, 0.4) is 0 Å². The van der Waals surface area contributed by atoms with Gasteiger partial charge in [0.05, 0.1) is 22.5 Å². The van der Waals surface area contributed by atoms with Crippen LogP contribution in [-0.2, 0) is 4.74 Å². The molecule has 2 aliphatic carbocycles. The van der Waals surface area contributed by atoms with E-state index in [2.05, 4.69) is 15.6 Å². The number of fused-ring (bicyclic) bond motifs is 2. The fourth-order valence-electron chi connectivity index (χ4n) is 4.40. The molecule has 1 spiro atoms. The number of carbonyl (C=O) groups is 1. The maximum atomic E-state index is 12.4. The van der Waals surface area contributed by atoms with Crippen LogP contribution in [0.15, 0.2) is 12.3 Å². The molecule has 0 unspecified atom stereocenters. The van der Waals surface area contributed by atoms with Gasteiger partial charge in [0.15, 0.2) is 0 Å². The number of halogens is 1. The molecule has 0 radical (unpaired) electrons. The van der Waals surface area contributed by atoms with Crippen molar-refractivity contribution in [2.24, 2.45) is 11.3 Å². The average Bonchev–Trinajstić information content (AvgIpc) is 2.85. The van der Waals surface area contributed by atoms with Gasteiger partial charge in [-0.25, -0.2) is 4.79 Å². The summed E-state index contributed by atoms with van der Waals surface area (Å²) in [6.07, 6.45) is 6.61. The highest BCUT2D eigenvalue weighted by Gasteiger charge is 2.66. The Morgan fingerprint density at radius 1 is 1.50 bits per heavy atom. The molecule has 22 heavy (non-hydrogen) atoms. The van der Waals surface area contributed by atoms with Crippen molar-refractivity contribution >= 4 is 23.3 Å². The SMILES string of the molecule is Cc1nccc(NC(=O)N[C@@H]2[C@H]3CCO[C@@H]3C23CCC3)c1Cl. The van der Waals surface area contributed by atoms with Crippen LogP contribution in [0, 0.1) is 18.3 Å². The maximum absolute atomic E-state index is 12.4. The molecule has 2 heterocycles. The molecule has 0 aromatic carbocycles. The van der Waals surface area contributed by atoms with Crippen LogP contribution < -0.4 is 10.6 Å². The van der Waals surface area contributed by atoms with Crippen molar-refractivity contribution in [2.75, 3.05) is 11.9 Å². The van der Waals surface area contributed by atoms with Crippen molar-refractivity contribution in [1.29, 1.82) is 0 Å². The van der Waals surface area contributed by atoms with E-state index in [1.54, 1.807) is 12.3 Å². The molecule has 5 nitrogen and oxygen atoms in total. The number of hydrogen-bond donors (Lipinski definition) is 2. The lowest BCUT2D eigenvalue weighted by Gasteiger charge is -2.63. The zero-order valence-corrected chi connectivity index (χ0v) is 13.3. The number of pyridine rings is 1. The zero-order valence-electron chi connectivity index (χ0n) is 12.6. The number of ether oxygens (including phenoxy) is 1. The number of amides is 2. The van der Waals surface area contributed by atoms with E-state index in [1.807, 2.05) is 6.92 Å². The number of aromatic nitrogens is 1. The molecule has 118 valence electrons. The lowest BCUT2D eigenvalue weighted by molar-refractivity contribution is -0.171. The minimum absolute atomic E-state index is 0.186. The van der Waals surface area contributed by atoms with Crippen molar-refractivity contribution in [1.82, 2.24) is 10.3 Å². The van der Waals surface area contributed by atoms with Gasteiger partial charge in [0, 0.05) is 30.2 Å². The van der Waals surface area contributed by atoms with Crippen LogP contribution in [0.25, 0.3) is 0 Å². The van der Waals surface area contributed by atoms with E-state index in [-0.39, 0.29) is 17.5 Å². The average molecular weight is 322 g/mol. The summed E-state index contributed by atoms with van der Waals surface area (Å²) >= 11 is 6.18. The monoisotopic (exact) mass is 321 g/mol. The van der Waals surface area contributed by atoms with Gasteiger partial charge in [-0.15, -0.1) is 0 Å². The van der Waals surface area contributed by atoms with E-state index in [9.17, 15) is 4.79 Å². The summed E-state index contributed by atoms with van der Waals surface area (Å²) < 4.78 is 5.87. The van der Waals surface area contributed by atoms with Crippen molar-refractivity contribution in [3.05, 3.63) is 23.0 Å². The van der Waals surface area contributed by atoms with Gasteiger partial charge in [-0.2, -0.15) is 0 Å². The number of carbonyl (C=O) groups excluding carboxylic acids is 1. The number of aryl methyl sites for hydroxylation is 1. The molecule has 3 fully saturated rings. The summed E-state index contributed by atoms with van der Waals surface area (Å²) in [4.78, 5) is 16.5. The van der Waals surface area contributed by atoms with Crippen LogP contribution in [0.5, 0.6) is 0 Å². The normalized spacial score (nSPS) is 31.1. The summed E-state index contributed by atoms with van der Waals surface area (Å²) in [6, 6.07) is 1.76. The van der Waals surface area contributed by atoms with Gasteiger partial charge in [0.2, 0.25) is 0 Å². The van der Waals surface area contributed by atoms with E-state index >= 15 is 0 Å². The van der Waals surface area contributed by atoms with Gasteiger partial charge in [0.1, 0.15) is 0 Å². The lowest BCUT2D eigenvalue weighted by atomic mass is 9.46. The Morgan fingerprint density at radius 2 is 2.32 bits per heavy atom. The van der Waals surface area contributed by atoms with Crippen molar-refractivity contribution < 1.29 is 9.53 Å². The molecule has 1 aromatic rings. The molecule has 1 aromatic heterocycles. The van der Waals surface area contributed by atoms with E-state index in [0.29, 0.717) is 28.4 Å². The van der Waals surface area contributed by atoms with Crippen LogP contribution in [-0.4, -0.2) is 29.8 Å². The number of urea groups is 1. The van der Waals surface area contributed by atoms with Gasteiger partial charge in [0.25, 0.3) is 0 Å². The summed E-state index contributed by atoms with van der Waals surface area (Å²) in [6.45, 7) is 2.65. The molecule has 2 N–H and O–H groups in total. The first-order valence-electron chi connectivity index (χ1n) is 7.92. The second kappa shape index (κ2) is 5.10. The van der Waals surface area contributed by atoms with Gasteiger partial charge in [-0.05, 0) is 32.3 Å². The molecule has 3 atom stereocenters. The summed E-state index contributed by atoms with van der Waals surface area (Å²) in [7, 11) is 0. The number of nitrogens with zero attached hydrogens (tertiary/aromatic N) is 1. The maximum Gasteiger partial charge on any atom is 0.319 e. The molecule has 0 bridgehead atoms. The number of anilines is 1.